The Bertz CT molecular complexity index is 3110. The van der Waals surface area contributed by atoms with Crippen LogP contribution in [0, 0.1) is 18.8 Å². The SMILES string of the molecule is COC(=O)NC(C(=O)N1CCC[C@H]1c1[nH]c(-c2ccc3c(c2)cc2n3C(c3ccc(C4CC4)s3)Oc3cc(-c4c[nH+]c([C@@H]5CCCN5C(=O)[C@@H](NC(=O)OC)C(C)C)[nH]4)cc(C)c3-2)c[nH+]1)C1CCOC(C)(C)C1.S.S.S. The highest BCUT2D eigenvalue weighted by molar-refractivity contribution is 7.59. The number of hydrogen-bond donors (Lipinski definition) is 4. The van der Waals surface area contributed by atoms with E-state index in [4.69, 9.17) is 18.9 Å². The molecule has 6 aromatic rings. The molecule has 0 bridgehead atoms. The van der Waals surface area contributed by atoms with Crippen molar-refractivity contribution in [3.05, 3.63) is 87.9 Å². The number of methoxy groups -OCH3 is 2. The van der Waals surface area contributed by atoms with E-state index in [9.17, 15) is 19.2 Å². The quantitative estimate of drug-likeness (QED) is 0.0930. The van der Waals surface area contributed by atoms with E-state index in [1.807, 2.05) is 61.2 Å². The maximum atomic E-state index is 14.5. The van der Waals surface area contributed by atoms with E-state index in [1.165, 1.54) is 31.9 Å². The van der Waals surface area contributed by atoms with Crippen molar-refractivity contribution in [1.82, 2.24) is 35.0 Å². The Hall–Kier alpha value is -5.61. The van der Waals surface area contributed by atoms with Crippen LogP contribution < -0.4 is 25.3 Å². The molecule has 6 atom stereocenters. The van der Waals surface area contributed by atoms with Gasteiger partial charge in [0.05, 0.1) is 35.9 Å². The smallest absolute Gasteiger partial charge is 0.407 e. The second kappa shape index (κ2) is 22.8. The van der Waals surface area contributed by atoms with Crippen LogP contribution in [0.5, 0.6) is 5.75 Å². The molecule has 21 heteroatoms. The molecule has 1 aliphatic carbocycles. The van der Waals surface area contributed by atoms with Crippen LogP contribution in [-0.4, -0.2) is 99.9 Å². The molecule has 17 nitrogen and oxygen atoms in total. The summed E-state index contributed by atoms with van der Waals surface area (Å²) in [5, 5.41) is 6.72. The Balaban J connectivity index is 0.00000255. The van der Waals surface area contributed by atoms with Gasteiger partial charge in [-0.3, -0.25) is 14.2 Å². The summed E-state index contributed by atoms with van der Waals surface area (Å²) in [5.74, 6) is 2.63. The van der Waals surface area contributed by atoms with Gasteiger partial charge in [-0.05, 0) is 144 Å². The minimum Gasteiger partial charge on any atom is -0.464 e. The summed E-state index contributed by atoms with van der Waals surface area (Å²) in [6.07, 6.45) is 9.31. The maximum Gasteiger partial charge on any atom is 0.407 e. The lowest BCUT2D eigenvalue weighted by Gasteiger charge is -2.40. The summed E-state index contributed by atoms with van der Waals surface area (Å²) < 4.78 is 25.3. The molecule has 4 amide bonds. The van der Waals surface area contributed by atoms with Gasteiger partial charge < -0.3 is 39.4 Å². The number of fused-ring (bicyclic) bond motifs is 5. The number of aromatic amines is 4. The third-order valence-corrected chi connectivity index (χ3v) is 17.0. The number of aromatic nitrogens is 5. The molecule has 4 aromatic heterocycles. The highest BCUT2D eigenvalue weighted by Crippen LogP contribution is 2.50. The van der Waals surface area contributed by atoms with Gasteiger partial charge in [-0.25, -0.2) is 29.5 Å². The van der Waals surface area contributed by atoms with Gasteiger partial charge in [0.15, 0.2) is 11.4 Å². The van der Waals surface area contributed by atoms with Crippen molar-refractivity contribution in [3.63, 3.8) is 0 Å². The number of rotatable bonds is 12. The first-order valence-corrected chi connectivity index (χ1v) is 26.7. The van der Waals surface area contributed by atoms with Crippen LogP contribution in [0.25, 0.3) is 44.7 Å². The average Bonchev–Trinajstić information content (AvgIpc) is 4.15. The Kier molecular flexibility index (Phi) is 17.0. The van der Waals surface area contributed by atoms with Crippen molar-refractivity contribution in [2.75, 3.05) is 33.9 Å². The molecule has 4 fully saturated rings. The highest BCUT2D eigenvalue weighted by Gasteiger charge is 2.45. The number of carbonyl (C=O) groups excluding carboxylic acids is 4. The van der Waals surface area contributed by atoms with E-state index in [0.717, 1.165) is 98.2 Å². The lowest BCUT2D eigenvalue weighted by atomic mass is 9.82. The second-order valence-corrected chi connectivity index (χ2v) is 22.7. The molecular weight excluding hydrogens is 1040 g/mol. The number of imidazole rings is 2. The van der Waals surface area contributed by atoms with Crippen molar-refractivity contribution >= 4 is 86.7 Å². The number of alkyl carbamates (subject to hydrolysis) is 2. The van der Waals surface area contributed by atoms with Crippen LogP contribution in [0.15, 0.2) is 60.9 Å². The summed E-state index contributed by atoms with van der Waals surface area (Å²) in [6, 6.07) is 15.8. The van der Waals surface area contributed by atoms with Crippen molar-refractivity contribution in [1.29, 1.82) is 0 Å². The van der Waals surface area contributed by atoms with Crippen molar-refractivity contribution < 1.29 is 48.1 Å². The molecule has 408 valence electrons. The number of aryl methyl sites for hydroxylation is 1. The third kappa shape index (κ3) is 10.8. The molecule has 3 saturated heterocycles. The zero-order valence-electron chi connectivity index (χ0n) is 44.2. The molecule has 4 aliphatic heterocycles. The molecule has 76 heavy (non-hydrogen) atoms. The number of benzene rings is 2. The number of nitrogens with one attached hydrogen (secondary N) is 6. The van der Waals surface area contributed by atoms with Crippen LogP contribution in [-0.2, 0) is 23.8 Å². The number of carbonyl (C=O) groups is 4. The largest absolute Gasteiger partial charge is 0.464 e. The van der Waals surface area contributed by atoms with Crippen molar-refractivity contribution in [3.8, 4) is 39.5 Å². The lowest BCUT2D eigenvalue weighted by Crippen LogP contribution is -2.55. The standard InChI is InChI=1S/C55H65N9O8S.3H2S/c1-29(2)46(60-53(67)69-6)50(65)62-19-8-10-39(62)49-57-28-37(59-49)34-22-30(3)45-41-24-35-23-32(14-15-38(35)64(41)52(72-42(45)25-34)44-17-16-43(73-44)31-12-13-31)36-27-56-48(58-36)40-11-9-20-63(40)51(66)47(61-54(68)70-7)33-18-21-71-55(4,5)26-33;;;/h14-17,22-25,27-29,31,33,39-40,46-47,52H,8-13,18-21,26H2,1-7H3,(H,56,58)(H,57,59)(H,60,67)(H,61,68);3*1H2/p+2/t33?,39-,40-,46-,47?,52?;;;/m0.../s1. The highest BCUT2D eigenvalue weighted by atomic mass is 32.1. The first kappa shape index (κ1) is 56.6. The van der Waals surface area contributed by atoms with Gasteiger partial charge >= 0.3 is 12.2 Å². The van der Waals surface area contributed by atoms with E-state index in [2.05, 4.69) is 90.6 Å². The minimum absolute atomic E-state index is 0. The molecule has 8 heterocycles. The molecule has 0 radical (unpaired) electrons. The average molecular weight is 1120 g/mol. The van der Waals surface area contributed by atoms with Gasteiger partial charge in [0.2, 0.25) is 18.0 Å². The van der Waals surface area contributed by atoms with Crippen LogP contribution in [0.4, 0.5) is 9.59 Å². The van der Waals surface area contributed by atoms with Gasteiger partial charge in [-0.15, -0.1) is 11.3 Å². The van der Waals surface area contributed by atoms with Gasteiger partial charge in [0, 0.05) is 46.7 Å². The Morgan fingerprint density at radius 3 is 2.04 bits per heavy atom. The molecule has 5 aliphatic rings. The molecule has 0 spiro atoms. The van der Waals surface area contributed by atoms with Crippen molar-refractivity contribution in [2.24, 2.45) is 11.8 Å². The third-order valence-electron chi connectivity index (χ3n) is 15.7. The second-order valence-electron chi connectivity index (χ2n) is 21.5. The summed E-state index contributed by atoms with van der Waals surface area (Å²) in [7, 11) is 2.63. The van der Waals surface area contributed by atoms with Gasteiger partial charge in [0.1, 0.15) is 42.3 Å². The zero-order valence-corrected chi connectivity index (χ0v) is 48.0. The Labute approximate surface area is 468 Å². The monoisotopic (exact) mass is 1120 g/mol. The molecule has 3 unspecified atom stereocenters. The number of H-pyrrole nitrogens is 4. The van der Waals surface area contributed by atoms with Gasteiger partial charge in [-0.2, -0.15) is 40.5 Å². The lowest BCUT2D eigenvalue weighted by molar-refractivity contribution is -0.393. The van der Waals surface area contributed by atoms with E-state index >= 15 is 0 Å². The summed E-state index contributed by atoms with van der Waals surface area (Å²) in [5.41, 5.74) is 7.57. The number of nitrogens with zero attached hydrogens (tertiary/aromatic N) is 3. The molecule has 11 rings (SSSR count). The number of ether oxygens (including phenoxy) is 4. The van der Waals surface area contributed by atoms with E-state index in [-0.39, 0.29) is 76.2 Å². The van der Waals surface area contributed by atoms with E-state index < -0.39 is 36.1 Å². The zero-order chi connectivity index (χ0) is 50.9. The number of amides is 4. The fraction of sp³-hybridized carbons (Fsp3) is 0.491. The molecule has 1 saturated carbocycles. The van der Waals surface area contributed by atoms with E-state index in [1.54, 1.807) is 0 Å². The predicted molar refractivity (Wildman–Crippen MR) is 305 cm³/mol. The first-order valence-electron chi connectivity index (χ1n) is 25.9. The van der Waals surface area contributed by atoms with Crippen LogP contribution in [0.2, 0.25) is 0 Å². The number of likely N-dealkylation sites (tertiary alicyclic amines) is 2. The molecular formula is C55H73N9O8S4+2. The van der Waals surface area contributed by atoms with E-state index in [0.29, 0.717) is 38.5 Å². The predicted octanol–water partition coefficient (Wildman–Crippen LogP) is 9.09. The number of hydrogen-bond acceptors (Lipinski definition) is 9. The molecule has 6 N–H and O–H groups in total. The maximum absolute atomic E-state index is 14.5. The number of thiophene rings is 1. The van der Waals surface area contributed by atoms with Crippen LogP contribution in [0.3, 0.4) is 0 Å². The van der Waals surface area contributed by atoms with Crippen LogP contribution >= 0.6 is 51.8 Å². The Morgan fingerprint density at radius 2 is 1.41 bits per heavy atom. The summed E-state index contributed by atoms with van der Waals surface area (Å²) >= 11 is 1.83. The topological polar surface area (TPSA) is 201 Å². The fourth-order valence-electron chi connectivity index (χ4n) is 11.9. The minimum atomic E-state index is -0.731. The normalized spacial score (nSPS) is 21.3. The van der Waals surface area contributed by atoms with Crippen molar-refractivity contribution in [2.45, 2.75) is 128 Å². The molecule has 2 aromatic carbocycles. The summed E-state index contributed by atoms with van der Waals surface area (Å²) in [6.45, 7) is 11.7. The van der Waals surface area contributed by atoms with Gasteiger partial charge in [0.25, 0.3) is 11.6 Å². The summed E-state index contributed by atoms with van der Waals surface area (Å²) in [4.78, 5) is 73.7. The fourth-order valence-corrected chi connectivity index (χ4v) is 13.1. The Morgan fingerprint density at radius 1 is 0.776 bits per heavy atom. The first-order chi connectivity index (χ1) is 35.2. The van der Waals surface area contributed by atoms with Crippen LogP contribution in [0.1, 0.15) is 130 Å². The van der Waals surface area contributed by atoms with Gasteiger partial charge in [-0.1, -0.05) is 13.8 Å².